The zero-order valence-electron chi connectivity index (χ0n) is 12.8. The molecule has 1 nitrogen and oxygen atoms in total. The first-order valence-electron chi connectivity index (χ1n) is 8.44. The number of nitrogens with zero attached hydrogens (tertiary/aromatic N) is 1. The van der Waals surface area contributed by atoms with Crippen molar-refractivity contribution in [3.8, 4) is 0 Å². The fourth-order valence-electron chi connectivity index (χ4n) is 5.50. The van der Waals surface area contributed by atoms with Crippen LogP contribution in [0.25, 0.3) is 0 Å². The first kappa shape index (κ1) is 14.2. The molecule has 3 rings (SSSR count). The van der Waals surface area contributed by atoms with E-state index in [9.17, 15) is 0 Å². The SMILES string of the molecule is CC(C)C1C2CC[C@H](C[C@@H]1C1CCC(Cl)CC1)N2C. The highest BCUT2D eigenvalue weighted by Gasteiger charge is 2.48. The van der Waals surface area contributed by atoms with Gasteiger partial charge in [0.1, 0.15) is 0 Å². The smallest absolute Gasteiger partial charge is 0.0336 e. The van der Waals surface area contributed by atoms with Gasteiger partial charge in [0.2, 0.25) is 0 Å². The first-order chi connectivity index (χ1) is 9.08. The van der Waals surface area contributed by atoms with E-state index in [0.29, 0.717) is 5.38 Å². The maximum Gasteiger partial charge on any atom is 0.0336 e. The topological polar surface area (TPSA) is 3.24 Å². The van der Waals surface area contributed by atoms with Crippen LogP contribution in [0, 0.1) is 23.7 Å². The molecule has 0 aromatic carbocycles. The van der Waals surface area contributed by atoms with E-state index in [1.807, 2.05) is 0 Å². The maximum atomic E-state index is 6.30. The van der Waals surface area contributed by atoms with Crippen LogP contribution in [0.1, 0.15) is 58.8 Å². The van der Waals surface area contributed by atoms with Crippen molar-refractivity contribution in [2.24, 2.45) is 23.7 Å². The highest BCUT2D eigenvalue weighted by atomic mass is 35.5. The van der Waals surface area contributed by atoms with Crippen molar-refractivity contribution in [2.75, 3.05) is 7.05 Å². The molecule has 2 heteroatoms. The predicted molar refractivity (Wildman–Crippen MR) is 82.6 cm³/mol. The molecule has 2 heterocycles. The highest BCUT2D eigenvalue weighted by molar-refractivity contribution is 6.20. The molecule has 3 aliphatic rings. The molecule has 3 fully saturated rings. The molecule has 0 spiro atoms. The Morgan fingerprint density at radius 3 is 2.32 bits per heavy atom. The molecule has 2 saturated heterocycles. The van der Waals surface area contributed by atoms with Crippen LogP contribution < -0.4 is 0 Å². The molecule has 1 saturated carbocycles. The summed E-state index contributed by atoms with van der Waals surface area (Å²) in [5, 5.41) is 0.469. The lowest BCUT2D eigenvalue weighted by molar-refractivity contribution is 0.00348. The lowest BCUT2D eigenvalue weighted by Crippen LogP contribution is -2.50. The summed E-state index contributed by atoms with van der Waals surface area (Å²) in [6.45, 7) is 4.91. The highest BCUT2D eigenvalue weighted by Crippen LogP contribution is 2.50. The summed E-state index contributed by atoms with van der Waals surface area (Å²) < 4.78 is 0. The van der Waals surface area contributed by atoms with E-state index in [-0.39, 0.29) is 0 Å². The number of fused-ring (bicyclic) bond motifs is 2. The van der Waals surface area contributed by atoms with Gasteiger partial charge in [-0.1, -0.05) is 13.8 Å². The summed E-state index contributed by atoms with van der Waals surface area (Å²) in [5.41, 5.74) is 0. The Balaban J connectivity index is 1.76. The van der Waals surface area contributed by atoms with E-state index < -0.39 is 0 Å². The quantitative estimate of drug-likeness (QED) is 0.673. The molecule has 110 valence electrons. The van der Waals surface area contributed by atoms with Gasteiger partial charge in [-0.25, -0.2) is 0 Å². The molecule has 1 aliphatic carbocycles. The number of alkyl halides is 1. The minimum atomic E-state index is 0.469. The summed E-state index contributed by atoms with van der Waals surface area (Å²) in [7, 11) is 2.38. The van der Waals surface area contributed by atoms with Crippen LogP contribution in [-0.4, -0.2) is 29.4 Å². The maximum absolute atomic E-state index is 6.30. The number of piperidine rings is 1. The van der Waals surface area contributed by atoms with Crippen molar-refractivity contribution in [2.45, 2.75) is 76.3 Å². The minimum Gasteiger partial charge on any atom is -0.300 e. The third kappa shape index (κ3) is 2.58. The molecule has 2 aliphatic heterocycles. The lowest BCUT2D eigenvalue weighted by atomic mass is 9.65. The Hall–Kier alpha value is 0.250. The van der Waals surface area contributed by atoms with E-state index in [2.05, 4.69) is 25.8 Å². The van der Waals surface area contributed by atoms with Crippen molar-refractivity contribution >= 4 is 11.6 Å². The number of halogens is 1. The Labute approximate surface area is 124 Å². The van der Waals surface area contributed by atoms with Crippen molar-refractivity contribution < 1.29 is 0 Å². The van der Waals surface area contributed by atoms with E-state index >= 15 is 0 Å². The first-order valence-corrected chi connectivity index (χ1v) is 8.87. The van der Waals surface area contributed by atoms with Gasteiger partial charge in [0.25, 0.3) is 0 Å². The molecule has 0 amide bonds. The normalized spacial score (nSPS) is 47.8. The van der Waals surface area contributed by atoms with Crippen molar-refractivity contribution in [1.82, 2.24) is 4.90 Å². The van der Waals surface area contributed by atoms with Crippen LogP contribution in [0.2, 0.25) is 0 Å². The molecule has 2 unspecified atom stereocenters. The van der Waals surface area contributed by atoms with Gasteiger partial charge in [-0.05, 0) is 75.7 Å². The number of hydrogen-bond acceptors (Lipinski definition) is 1. The van der Waals surface area contributed by atoms with Crippen LogP contribution in [0.5, 0.6) is 0 Å². The molecule has 0 N–H and O–H groups in total. The van der Waals surface area contributed by atoms with E-state index in [1.54, 1.807) is 0 Å². The zero-order valence-corrected chi connectivity index (χ0v) is 13.6. The van der Waals surface area contributed by atoms with Crippen molar-refractivity contribution in [1.29, 1.82) is 0 Å². The van der Waals surface area contributed by atoms with Crippen LogP contribution in [-0.2, 0) is 0 Å². The summed E-state index contributed by atoms with van der Waals surface area (Å²) in [5.74, 6) is 3.72. The van der Waals surface area contributed by atoms with Gasteiger partial charge in [-0.2, -0.15) is 0 Å². The average molecular weight is 284 g/mol. The summed E-state index contributed by atoms with van der Waals surface area (Å²) in [6, 6.07) is 1.76. The van der Waals surface area contributed by atoms with Gasteiger partial charge in [-0.15, -0.1) is 11.6 Å². The van der Waals surface area contributed by atoms with E-state index in [1.165, 1.54) is 44.9 Å². The fraction of sp³-hybridized carbons (Fsp3) is 1.00. The molecule has 19 heavy (non-hydrogen) atoms. The molecule has 4 atom stereocenters. The monoisotopic (exact) mass is 283 g/mol. The molecule has 0 aromatic rings. The standard InChI is InChI=1S/C17H30ClN/c1-11(2)17-15(12-4-6-13(18)7-5-12)10-14-8-9-16(17)19(14)3/h11-17H,4-10H2,1-3H3/t12?,13?,14-,15-,16?,17?/m1/s1. The molecular weight excluding hydrogens is 254 g/mol. The fourth-order valence-corrected chi connectivity index (χ4v) is 5.75. The van der Waals surface area contributed by atoms with Gasteiger partial charge in [0.05, 0.1) is 0 Å². The Morgan fingerprint density at radius 2 is 1.68 bits per heavy atom. The number of rotatable bonds is 2. The summed E-state index contributed by atoms with van der Waals surface area (Å²) in [4.78, 5) is 2.72. The van der Waals surface area contributed by atoms with Gasteiger partial charge >= 0.3 is 0 Å². The molecular formula is C17H30ClN. The van der Waals surface area contributed by atoms with Crippen molar-refractivity contribution in [3.63, 3.8) is 0 Å². The Bertz CT molecular complexity index is 308. The second-order valence-electron chi connectivity index (χ2n) is 7.70. The third-order valence-electron chi connectivity index (χ3n) is 6.45. The number of hydrogen-bond donors (Lipinski definition) is 0. The predicted octanol–water partition coefficient (Wildman–Crippen LogP) is 4.54. The van der Waals surface area contributed by atoms with E-state index in [0.717, 1.165) is 35.8 Å². The third-order valence-corrected chi connectivity index (χ3v) is 6.89. The molecule has 0 radical (unpaired) electrons. The van der Waals surface area contributed by atoms with Crippen LogP contribution in [0.3, 0.4) is 0 Å². The lowest BCUT2D eigenvalue weighted by Gasteiger charge is -2.49. The Kier molecular flexibility index (Phi) is 4.16. The van der Waals surface area contributed by atoms with Gasteiger partial charge in [0, 0.05) is 17.5 Å². The van der Waals surface area contributed by atoms with Crippen molar-refractivity contribution in [3.05, 3.63) is 0 Å². The van der Waals surface area contributed by atoms with Gasteiger partial charge in [0.15, 0.2) is 0 Å². The van der Waals surface area contributed by atoms with Crippen LogP contribution in [0.15, 0.2) is 0 Å². The molecule has 0 aromatic heterocycles. The van der Waals surface area contributed by atoms with Crippen LogP contribution in [0.4, 0.5) is 0 Å². The van der Waals surface area contributed by atoms with Crippen LogP contribution >= 0.6 is 11.6 Å². The second kappa shape index (κ2) is 5.56. The Morgan fingerprint density at radius 1 is 1.00 bits per heavy atom. The second-order valence-corrected chi connectivity index (χ2v) is 8.31. The zero-order chi connectivity index (χ0) is 13.6. The van der Waals surface area contributed by atoms with Gasteiger partial charge in [-0.3, -0.25) is 0 Å². The molecule has 2 bridgehead atoms. The van der Waals surface area contributed by atoms with Gasteiger partial charge < -0.3 is 4.90 Å². The minimum absolute atomic E-state index is 0.469. The average Bonchev–Trinajstić information content (AvgIpc) is 2.63. The summed E-state index contributed by atoms with van der Waals surface area (Å²) in [6.07, 6.45) is 9.68. The van der Waals surface area contributed by atoms with E-state index in [4.69, 9.17) is 11.6 Å². The summed E-state index contributed by atoms with van der Waals surface area (Å²) >= 11 is 6.30. The largest absolute Gasteiger partial charge is 0.300 e.